The van der Waals surface area contributed by atoms with Gasteiger partial charge in [0, 0.05) is 38.1 Å². The first kappa shape index (κ1) is 18.5. The van der Waals surface area contributed by atoms with Crippen molar-refractivity contribution in [2.75, 3.05) is 32.1 Å². The van der Waals surface area contributed by atoms with E-state index in [2.05, 4.69) is 10.1 Å². The van der Waals surface area contributed by atoms with E-state index < -0.39 is 14.6 Å². The minimum atomic E-state index is -3.30. The third-order valence-corrected chi connectivity index (χ3v) is 9.76. The molecule has 3 saturated heterocycles. The first-order chi connectivity index (χ1) is 13.5. The lowest BCUT2D eigenvalue weighted by atomic mass is 9.82. The largest absolute Gasteiger partial charge is 0.381 e. The molecule has 154 valence electrons. The Labute approximate surface area is 164 Å². The highest BCUT2D eigenvalue weighted by Gasteiger charge is 2.64. The minimum absolute atomic E-state index is 0.0500. The van der Waals surface area contributed by atoms with Gasteiger partial charge in [-0.25, -0.2) is 8.42 Å². The molecule has 0 bridgehead atoms. The van der Waals surface area contributed by atoms with Crippen molar-refractivity contribution in [1.82, 2.24) is 15.0 Å². The number of carbonyl (C=O) groups is 1. The molecule has 1 aromatic heterocycles. The molecule has 8 nitrogen and oxygen atoms in total. The Morgan fingerprint density at radius 3 is 2.50 bits per heavy atom. The van der Waals surface area contributed by atoms with E-state index in [1.807, 2.05) is 0 Å². The Balaban J connectivity index is 1.34. The van der Waals surface area contributed by atoms with Crippen molar-refractivity contribution >= 4 is 15.7 Å². The van der Waals surface area contributed by atoms with Crippen LogP contribution in [0.4, 0.5) is 0 Å². The maximum Gasteiger partial charge on any atom is 0.231 e. The van der Waals surface area contributed by atoms with Crippen LogP contribution < -0.4 is 0 Å². The maximum absolute atomic E-state index is 12.9. The molecule has 9 heteroatoms. The molecule has 1 spiro atoms. The molecular weight excluding hydrogens is 382 g/mol. The quantitative estimate of drug-likeness (QED) is 0.748. The first-order valence-electron chi connectivity index (χ1n) is 10.4. The van der Waals surface area contributed by atoms with Crippen LogP contribution in [0.25, 0.3) is 0 Å². The second-order valence-corrected chi connectivity index (χ2v) is 11.2. The predicted octanol–water partition coefficient (Wildman–Crippen LogP) is 1.64. The number of aromatic nitrogens is 2. The normalized spacial score (nSPS) is 30.0. The van der Waals surface area contributed by atoms with Crippen molar-refractivity contribution in [2.45, 2.75) is 61.5 Å². The van der Waals surface area contributed by atoms with Crippen LogP contribution in [0.15, 0.2) is 4.52 Å². The van der Waals surface area contributed by atoms with Crippen molar-refractivity contribution in [1.29, 1.82) is 0 Å². The fraction of sp³-hybridized carbons (Fsp3) is 0.842. The zero-order chi connectivity index (χ0) is 19.4. The zero-order valence-corrected chi connectivity index (χ0v) is 16.8. The van der Waals surface area contributed by atoms with Gasteiger partial charge in [0.25, 0.3) is 0 Å². The molecule has 1 saturated carbocycles. The summed E-state index contributed by atoms with van der Waals surface area (Å²) >= 11 is 0. The molecule has 1 atom stereocenters. The van der Waals surface area contributed by atoms with Gasteiger partial charge in [0.05, 0.1) is 11.7 Å². The average Bonchev–Trinajstić information content (AvgIpc) is 3.38. The highest BCUT2D eigenvalue weighted by molar-refractivity contribution is 7.93. The van der Waals surface area contributed by atoms with E-state index in [1.165, 1.54) is 12.8 Å². The summed E-state index contributed by atoms with van der Waals surface area (Å²) in [6.07, 6.45) is 6.42. The smallest absolute Gasteiger partial charge is 0.231 e. The molecule has 28 heavy (non-hydrogen) atoms. The molecule has 1 amide bonds. The second kappa shape index (κ2) is 6.79. The predicted molar refractivity (Wildman–Crippen MR) is 99.5 cm³/mol. The molecule has 1 unspecified atom stereocenters. The number of likely N-dealkylation sites (tertiary alicyclic amines) is 1. The number of rotatable bonds is 3. The van der Waals surface area contributed by atoms with Crippen LogP contribution in [0.2, 0.25) is 0 Å². The number of nitrogens with zero attached hydrogens (tertiary/aromatic N) is 3. The molecule has 4 heterocycles. The molecule has 0 aromatic carbocycles. The van der Waals surface area contributed by atoms with Crippen molar-refractivity contribution < 1.29 is 22.5 Å². The van der Waals surface area contributed by atoms with Crippen LogP contribution in [0.1, 0.15) is 68.5 Å². The fourth-order valence-corrected chi connectivity index (χ4v) is 7.73. The first-order valence-corrected chi connectivity index (χ1v) is 12.1. The summed E-state index contributed by atoms with van der Waals surface area (Å²) in [5.74, 6) is 1.33. The van der Waals surface area contributed by atoms with E-state index in [1.54, 1.807) is 4.90 Å². The van der Waals surface area contributed by atoms with Gasteiger partial charge in [-0.05, 0) is 32.1 Å². The van der Waals surface area contributed by atoms with Gasteiger partial charge < -0.3 is 14.2 Å². The third-order valence-electron chi connectivity index (χ3n) is 7.20. The van der Waals surface area contributed by atoms with Crippen LogP contribution in [0, 0.1) is 5.92 Å². The van der Waals surface area contributed by atoms with E-state index in [0.717, 1.165) is 18.7 Å². The number of sulfone groups is 1. The van der Waals surface area contributed by atoms with Crippen LogP contribution in [-0.4, -0.2) is 66.2 Å². The summed E-state index contributed by atoms with van der Waals surface area (Å²) in [6, 6.07) is 0. The summed E-state index contributed by atoms with van der Waals surface area (Å²) in [5, 5.41) is 4.17. The lowest BCUT2D eigenvalue weighted by Crippen LogP contribution is -2.68. The van der Waals surface area contributed by atoms with Gasteiger partial charge in [-0.1, -0.05) is 18.0 Å². The topological polar surface area (TPSA) is 103 Å². The molecule has 4 aliphatic rings. The number of carbonyl (C=O) groups excluding carboxylic acids is 1. The fourth-order valence-electron chi connectivity index (χ4n) is 5.42. The molecule has 5 rings (SSSR count). The van der Waals surface area contributed by atoms with E-state index in [9.17, 15) is 13.2 Å². The summed E-state index contributed by atoms with van der Waals surface area (Å²) in [6.45, 7) is 1.69. The Bertz CT molecular complexity index is 849. The maximum atomic E-state index is 12.9. The van der Waals surface area contributed by atoms with Gasteiger partial charge in [-0.15, -0.1) is 0 Å². The van der Waals surface area contributed by atoms with E-state index in [0.29, 0.717) is 44.3 Å². The Hall–Kier alpha value is -1.48. The zero-order valence-electron chi connectivity index (χ0n) is 16.0. The Morgan fingerprint density at radius 1 is 1.07 bits per heavy atom. The van der Waals surface area contributed by atoms with Crippen LogP contribution >= 0.6 is 0 Å². The van der Waals surface area contributed by atoms with Crippen LogP contribution in [0.5, 0.6) is 0 Å². The van der Waals surface area contributed by atoms with Crippen LogP contribution in [-0.2, 0) is 19.4 Å². The Morgan fingerprint density at radius 2 is 1.79 bits per heavy atom. The van der Waals surface area contributed by atoms with Gasteiger partial charge in [0.1, 0.15) is 4.75 Å². The van der Waals surface area contributed by atoms with Gasteiger partial charge >= 0.3 is 0 Å². The molecule has 1 aliphatic carbocycles. The highest BCUT2D eigenvalue weighted by Crippen LogP contribution is 2.50. The SMILES string of the molecule is O=C(C1CCOCC1)N1CC2(C1)C(c1nc(C3CCCC3)no1)CCS2(=O)=O. The average molecular weight is 410 g/mol. The molecule has 3 aliphatic heterocycles. The molecule has 4 fully saturated rings. The third kappa shape index (κ3) is 2.81. The number of amides is 1. The van der Waals surface area contributed by atoms with E-state index in [4.69, 9.17) is 9.26 Å². The second-order valence-electron chi connectivity index (χ2n) is 8.78. The lowest BCUT2D eigenvalue weighted by molar-refractivity contribution is -0.144. The monoisotopic (exact) mass is 409 g/mol. The van der Waals surface area contributed by atoms with Gasteiger partial charge in [0.15, 0.2) is 15.7 Å². The van der Waals surface area contributed by atoms with Crippen molar-refractivity contribution in [2.24, 2.45) is 5.92 Å². The highest BCUT2D eigenvalue weighted by atomic mass is 32.2. The molecular formula is C19H27N3O5S. The number of ether oxygens (including phenoxy) is 1. The van der Waals surface area contributed by atoms with Gasteiger partial charge in [0.2, 0.25) is 11.8 Å². The number of hydrogen-bond donors (Lipinski definition) is 0. The summed E-state index contributed by atoms with van der Waals surface area (Å²) in [4.78, 5) is 19.1. The lowest BCUT2D eigenvalue weighted by Gasteiger charge is -2.50. The van der Waals surface area contributed by atoms with Crippen LogP contribution in [0.3, 0.4) is 0 Å². The summed E-state index contributed by atoms with van der Waals surface area (Å²) < 4.78 is 35.8. The standard InChI is InChI=1S/C19H27N3O5S/c23-18(14-5-8-26-9-6-14)22-11-19(12-22)15(7-10-28(19,24)25)17-20-16(21-27-17)13-3-1-2-4-13/h13-15H,1-12H2. The molecule has 0 N–H and O–H groups in total. The van der Waals surface area contributed by atoms with Gasteiger partial charge in [-0.3, -0.25) is 4.79 Å². The van der Waals surface area contributed by atoms with E-state index >= 15 is 0 Å². The molecule has 1 aromatic rings. The van der Waals surface area contributed by atoms with E-state index in [-0.39, 0.29) is 36.6 Å². The molecule has 0 radical (unpaired) electrons. The summed E-state index contributed by atoms with van der Waals surface area (Å²) in [7, 11) is -3.30. The van der Waals surface area contributed by atoms with Crippen molar-refractivity contribution in [3.8, 4) is 0 Å². The van der Waals surface area contributed by atoms with Crippen molar-refractivity contribution in [3.05, 3.63) is 11.7 Å². The van der Waals surface area contributed by atoms with Gasteiger partial charge in [-0.2, -0.15) is 4.98 Å². The van der Waals surface area contributed by atoms with Crippen molar-refractivity contribution in [3.63, 3.8) is 0 Å². The summed E-state index contributed by atoms with van der Waals surface area (Å²) in [5.41, 5.74) is 0. The number of hydrogen-bond acceptors (Lipinski definition) is 7. The Kier molecular flexibility index (Phi) is 4.50. The minimum Gasteiger partial charge on any atom is -0.381 e.